The lowest BCUT2D eigenvalue weighted by molar-refractivity contribution is 0.0195. The van der Waals surface area contributed by atoms with Gasteiger partial charge in [-0.05, 0) is 46.2 Å². The highest BCUT2D eigenvalue weighted by atomic mass is 16.6. The maximum atomic E-state index is 12.1. The summed E-state index contributed by atoms with van der Waals surface area (Å²) in [6, 6.07) is 2.31. The number of rotatable bonds is 1. The number of hydrogen-bond donors (Lipinski definition) is 2. The molecule has 2 rings (SSSR count). The standard InChI is InChI=1S/C15H25N3O2/c1-10-8-12(11(2)17-10)13-9-18(7-6-16-13)14(19)20-15(3,4)5/h8,13,16-17H,6-7,9H2,1-5H3. The molecule has 0 saturated carbocycles. The highest BCUT2D eigenvalue weighted by Gasteiger charge is 2.29. The molecule has 1 aromatic rings. The molecule has 0 radical (unpaired) electrons. The van der Waals surface area contributed by atoms with E-state index in [1.165, 1.54) is 5.56 Å². The summed E-state index contributed by atoms with van der Waals surface area (Å²) in [6.45, 7) is 11.9. The third kappa shape index (κ3) is 3.54. The Balaban J connectivity index is 2.05. The van der Waals surface area contributed by atoms with Crippen LogP contribution in [0.4, 0.5) is 4.79 Å². The summed E-state index contributed by atoms with van der Waals surface area (Å²) in [5, 5.41) is 3.47. The fraction of sp³-hybridized carbons (Fsp3) is 0.667. The second kappa shape index (κ2) is 5.48. The molecule has 0 spiro atoms. The summed E-state index contributed by atoms with van der Waals surface area (Å²) < 4.78 is 5.45. The summed E-state index contributed by atoms with van der Waals surface area (Å²) in [5.74, 6) is 0. The van der Waals surface area contributed by atoms with Crippen LogP contribution in [-0.4, -0.2) is 41.2 Å². The van der Waals surface area contributed by atoms with Gasteiger partial charge in [-0.15, -0.1) is 0 Å². The van der Waals surface area contributed by atoms with E-state index in [1.54, 1.807) is 4.90 Å². The largest absolute Gasteiger partial charge is 0.444 e. The molecular weight excluding hydrogens is 254 g/mol. The maximum absolute atomic E-state index is 12.1. The molecule has 112 valence electrons. The first-order chi connectivity index (χ1) is 9.26. The number of aryl methyl sites for hydroxylation is 2. The van der Waals surface area contributed by atoms with Gasteiger partial charge < -0.3 is 19.9 Å². The van der Waals surface area contributed by atoms with Crippen LogP contribution in [0.1, 0.15) is 43.8 Å². The fourth-order valence-electron chi connectivity index (χ4n) is 2.56. The minimum atomic E-state index is -0.446. The number of aromatic amines is 1. The number of H-pyrrole nitrogens is 1. The number of amides is 1. The number of nitrogens with zero attached hydrogens (tertiary/aromatic N) is 1. The molecule has 1 atom stereocenters. The van der Waals surface area contributed by atoms with E-state index in [0.29, 0.717) is 13.1 Å². The van der Waals surface area contributed by atoms with Crippen LogP contribution in [0.3, 0.4) is 0 Å². The van der Waals surface area contributed by atoms with Crippen molar-refractivity contribution in [1.29, 1.82) is 0 Å². The summed E-state index contributed by atoms with van der Waals surface area (Å²) in [4.78, 5) is 17.2. The van der Waals surface area contributed by atoms with Crippen molar-refractivity contribution in [1.82, 2.24) is 15.2 Å². The van der Waals surface area contributed by atoms with Crippen LogP contribution in [0.2, 0.25) is 0 Å². The van der Waals surface area contributed by atoms with E-state index in [9.17, 15) is 4.79 Å². The predicted molar refractivity (Wildman–Crippen MR) is 78.8 cm³/mol. The van der Waals surface area contributed by atoms with Crippen molar-refractivity contribution in [3.8, 4) is 0 Å². The minimum Gasteiger partial charge on any atom is -0.444 e. The van der Waals surface area contributed by atoms with Crippen LogP contribution in [0.15, 0.2) is 6.07 Å². The van der Waals surface area contributed by atoms with Crippen LogP contribution < -0.4 is 5.32 Å². The van der Waals surface area contributed by atoms with Gasteiger partial charge in [0, 0.05) is 31.0 Å². The molecule has 2 N–H and O–H groups in total. The lowest BCUT2D eigenvalue weighted by Gasteiger charge is -2.35. The third-order valence-corrected chi connectivity index (χ3v) is 3.39. The Morgan fingerprint density at radius 1 is 1.40 bits per heavy atom. The molecule has 1 aliphatic heterocycles. The van der Waals surface area contributed by atoms with Gasteiger partial charge in [-0.3, -0.25) is 0 Å². The van der Waals surface area contributed by atoms with E-state index >= 15 is 0 Å². The second-order valence-electron chi connectivity index (χ2n) is 6.47. The fourth-order valence-corrected chi connectivity index (χ4v) is 2.56. The number of piperazine rings is 1. The minimum absolute atomic E-state index is 0.168. The zero-order valence-corrected chi connectivity index (χ0v) is 13.0. The maximum Gasteiger partial charge on any atom is 0.410 e. The molecule has 20 heavy (non-hydrogen) atoms. The van der Waals surface area contributed by atoms with Crippen LogP contribution in [0.5, 0.6) is 0 Å². The van der Waals surface area contributed by atoms with E-state index in [2.05, 4.69) is 23.3 Å². The summed E-state index contributed by atoms with van der Waals surface area (Å²) in [6.07, 6.45) is -0.228. The predicted octanol–water partition coefficient (Wildman–Crippen LogP) is 2.51. The van der Waals surface area contributed by atoms with Crippen LogP contribution in [-0.2, 0) is 4.74 Å². The number of hydrogen-bond acceptors (Lipinski definition) is 3. The smallest absolute Gasteiger partial charge is 0.410 e. The van der Waals surface area contributed by atoms with E-state index in [1.807, 2.05) is 27.7 Å². The average molecular weight is 279 g/mol. The number of carbonyl (C=O) groups excluding carboxylic acids is 1. The van der Waals surface area contributed by atoms with Gasteiger partial charge in [-0.2, -0.15) is 0 Å². The molecule has 0 aliphatic carbocycles. The molecule has 1 saturated heterocycles. The Hall–Kier alpha value is -1.49. The highest BCUT2D eigenvalue weighted by molar-refractivity contribution is 5.68. The van der Waals surface area contributed by atoms with Crippen LogP contribution in [0, 0.1) is 13.8 Å². The van der Waals surface area contributed by atoms with Crippen molar-refractivity contribution in [3.05, 3.63) is 23.0 Å². The van der Waals surface area contributed by atoms with Gasteiger partial charge in [-0.25, -0.2) is 4.79 Å². The quantitative estimate of drug-likeness (QED) is 0.830. The first kappa shape index (κ1) is 14.9. The molecule has 1 unspecified atom stereocenters. The molecule has 0 aromatic carbocycles. The van der Waals surface area contributed by atoms with Gasteiger partial charge in [0.25, 0.3) is 0 Å². The normalized spacial score (nSPS) is 20.1. The van der Waals surface area contributed by atoms with Crippen molar-refractivity contribution in [2.45, 2.75) is 46.3 Å². The van der Waals surface area contributed by atoms with E-state index in [-0.39, 0.29) is 12.1 Å². The number of nitrogens with one attached hydrogen (secondary N) is 2. The molecule has 1 fully saturated rings. The number of ether oxygens (including phenoxy) is 1. The molecule has 2 heterocycles. The second-order valence-corrected chi connectivity index (χ2v) is 6.47. The van der Waals surface area contributed by atoms with E-state index < -0.39 is 5.60 Å². The van der Waals surface area contributed by atoms with Gasteiger partial charge in [-0.1, -0.05) is 0 Å². The van der Waals surface area contributed by atoms with E-state index in [0.717, 1.165) is 17.9 Å². The Bertz CT molecular complexity index is 488. The molecule has 0 bridgehead atoms. The van der Waals surface area contributed by atoms with Crippen molar-refractivity contribution >= 4 is 6.09 Å². The first-order valence-corrected chi connectivity index (χ1v) is 7.13. The summed E-state index contributed by atoms with van der Waals surface area (Å²) >= 11 is 0. The van der Waals surface area contributed by atoms with Gasteiger partial charge in [0.2, 0.25) is 0 Å². The molecule has 1 aliphatic rings. The summed E-state index contributed by atoms with van der Waals surface area (Å²) in [7, 11) is 0. The molecule has 1 aromatic heterocycles. The highest BCUT2D eigenvalue weighted by Crippen LogP contribution is 2.22. The SMILES string of the molecule is Cc1cc(C2CN(C(=O)OC(C)(C)C)CCN2)c(C)[nH]1. The lowest BCUT2D eigenvalue weighted by atomic mass is 10.1. The van der Waals surface area contributed by atoms with Gasteiger partial charge in [0.15, 0.2) is 0 Å². The zero-order valence-electron chi connectivity index (χ0n) is 13.0. The topological polar surface area (TPSA) is 57.4 Å². The summed E-state index contributed by atoms with van der Waals surface area (Å²) in [5.41, 5.74) is 3.09. The van der Waals surface area contributed by atoms with Gasteiger partial charge in [0.1, 0.15) is 5.60 Å². The van der Waals surface area contributed by atoms with Crippen molar-refractivity contribution in [2.75, 3.05) is 19.6 Å². The number of carbonyl (C=O) groups is 1. The van der Waals surface area contributed by atoms with Gasteiger partial charge >= 0.3 is 6.09 Å². The van der Waals surface area contributed by atoms with Gasteiger partial charge in [0.05, 0.1) is 6.04 Å². The van der Waals surface area contributed by atoms with Crippen molar-refractivity contribution in [2.24, 2.45) is 0 Å². The Morgan fingerprint density at radius 2 is 2.10 bits per heavy atom. The lowest BCUT2D eigenvalue weighted by Crippen LogP contribution is -2.49. The monoisotopic (exact) mass is 279 g/mol. The van der Waals surface area contributed by atoms with E-state index in [4.69, 9.17) is 4.74 Å². The molecule has 5 nitrogen and oxygen atoms in total. The van der Waals surface area contributed by atoms with Crippen molar-refractivity contribution < 1.29 is 9.53 Å². The Morgan fingerprint density at radius 3 is 2.65 bits per heavy atom. The molecular formula is C15H25N3O2. The molecule has 5 heteroatoms. The van der Waals surface area contributed by atoms with Crippen molar-refractivity contribution in [3.63, 3.8) is 0 Å². The Labute approximate surface area is 120 Å². The number of aromatic nitrogens is 1. The zero-order chi connectivity index (χ0) is 14.9. The van der Waals surface area contributed by atoms with Crippen LogP contribution in [0.25, 0.3) is 0 Å². The molecule has 1 amide bonds. The first-order valence-electron chi connectivity index (χ1n) is 7.13. The third-order valence-electron chi connectivity index (χ3n) is 3.39. The van der Waals surface area contributed by atoms with Crippen LogP contribution >= 0.6 is 0 Å². The average Bonchev–Trinajstić information content (AvgIpc) is 2.66. The Kier molecular flexibility index (Phi) is 4.09.